The summed E-state index contributed by atoms with van der Waals surface area (Å²) in [5, 5.41) is 2.91. The highest BCUT2D eigenvalue weighted by molar-refractivity contribution is 5.92. The monoisotopic (exact) mass is 545 g/mol. The molecule has 1 aliphatic rings. The first-order valence-corrected chi connectivity index (χ1v) is 13.9. The smallest absolute Gasteiger partial charge is 0.245 e. The second-order valence-electron chi connectivity index (χ2n) is 10.4. The molecule has 0 saturated carbocycles. The Morgan fingerprint density at radius 3 is 2.38 bits per heavy atom. The van der Waals surface area contributed by atoms with Crippen molar-refractivity contribution in [2.45, 2.75) is 62.9 Å². The van der Waals surface area contributed by atoms with Crippen molar-refractivity contribution in [2.24, 2.45) is 5.73 Å². The number of aromatic nitrogens is 2. The maximum Gasteiger partial charge on any atom is 0.245 e. The molecule has 2 aromatic carbocycles. The number of imidazole rings is 1. The second-order valence-corrected chi connectivity index (χ2v) is 10.4. The van der Waals surface area contributed by atoms with E-state index in [4.69, 9.17) is 10.5 Å². The first-order valence-electron chi connectivity index (χ1n) is 13.9. The van der Waals surface area contributed by atoms with E-state index in [-0.39, 0.29) is 18.1 Å². The van der Waals surface area contributed by atoms with Crippen LogP contribution in [0.4, 0.5) is 0 Å². The quantitative estimate of drug-likeness (QED) is 0.321. The van der Waals surface area contributed by atoms with Crippen molar-refractivity contribution >= 4 is 17.6 Å². The molecule has 9 heteroatoms. The van der Waals surface area contributed by atoms with E-state index in [1.54, 1.807) is 18.2 Å². The van der Waals surface area contributed by atoms with E-state index in [1.807, 2.05) is 61.5 Å². The minimum atomic E-state index is -0.842. The zero-order chi connectivity index (χ0) is 28.5. The molecule has 1 saturated heterocycles. The summed E-state index contributed by atoms with van der Waals surface area (Å²) in [6, 6.07) is 15.7. The molecule has 4 rings (SSSR count). The number of ether oxygens (including phenoxy) is 1. The molecule has 9 nitrogen and oxygen atoms in total. The van der Waals surface area contributed by atoms with E-state index >= 15 is 0 Å². The molecule has 2 amide bonds. The van der Waals surface area contributed by atoms with Gasteiger partial charge in [-0.15, -0.1) is 0 Å². The predicted molar refractivity (Wildman–Crippen MR) is 153 cm³/mol. The van der Waals surface area contributed by atoms with Gasteiger partial charge in [0.1, 0.15) is 17.6 Å². The minimum absolute atomic E-state index is 0.178. The third-order valence-corrected chi connectivity index (χ3v) is 7.81. The summed E-state index contributed by atoms with van der Waals surface area (Å²) >= 11 is 0. The number of piperidine rings is 1. The Kier molecular flexibility index (Phi) is 9.71. The number of ketones is 1. The maximum absolute atomic E-state index is 13.9. The van der Waals surface area contributed by atoms with Crippen LogP contribution in [0.5, 0.6) is 5.75 Å². The summed E-state index contributed by atoms with van der Waals surface area (Å²) in [4.78, 5) is 49.1. The second kappa shape index (κ2) is 13.4. The topological polar surface area (TPSA) is 130 Å². The molecule has 0 spiro atoms. The highest BCUT2D eigenvalue weighted by Crippen LogP contribution is 2.38. The Bertz CT molecular complexity index is 1250. The number of H-pyrrole nitrogens is 1. The number of likely N-dealkylation sites (tertiary alicyclic amines) is 1. The van der Waals surface area contributed by atoms with Gasteiger partial charge in [-0.1, -0.05) is 49.4 Å². The lowest BCUT2D eigenvalue weighted by Gasteiger charge is -2.42. The molecular formula is C31H39N5O4. The zero-order valence-corrected chi connectivity index (χ0v) is 23.3. The third-order valence-electron chi connectivity index (χ3n) is 7.81. The van der Waals surface area contributed by atoms with Crippen LogP contribution in [0.15, 0.2) is 67.1 Å². The number of benzene rings is 2. The maximum atomic E-state index is 13.9. The van der Waals surface area contributed by atoms with Gasteiger partial charge in [0.2, 0.25) is 11.8 Å². The average molecular weight is 546 g/mol. The summed E-state index contributed by atoms with van der Waals surface area (Å²) in [5.41, 5.74) is 8.22. The van der Waals surface area contributed by atoms with Gasteiger partial charge < -0.3 is 25.7 Å². The van der Waals surface area contributed by atoms with Gasteiger partial charge in [0.25, 0.3) is 0 Å². The van der Waals surface area contributed by atoms with Crippen LogP contribution in [0, 0.1) is 0 Å². The van der Waals surface area contributed by atoms with Crippen molar-refractivity contribution in [3.05, 3.63) is 83.9 Å². The highest BCUT2D eigenvalue weighted by atomic mass is 16.5. The van der Waals surface area contributed by atoms with Crippen LogP contribution in [0.2, 0.25) is 0 Å². The SMILES string of the molecule is CCCC(=O)C1(c2ccccc2)CCN(C(=O)C(Cc2ccc(OC)cc2)NC(=O)C(N)Cc2cnc[nH]2)CC1. The molecule has 1 aromatic heterocycles. The fourth-order valence-corrected chi connectivity index (χ4v) is 5.48. The molecule has 4 N–H and O–H groups in total. The van der Waals surface area contributed by atoms with Gasteiger partial charge in [0.15, 0.2) is 0 Å². The molecule has 0 aliphatic carbocycles. The Hall–Kier alpha value is -3.98. The number of nitrogens with two attached hydrogens (primary N) is 1. The highest BCUT2D eigenvalue weighted by Gasteiger charge is 2.43. The fraction of sp³-hybridized carbons (Fsp3) is 0.419. The van der Waals surface area contributed by atoms with Gasteiger partial charge in [0.05, 0.1) is 24.9 Å². The van der Waals surface area contributed by atoms with E-state index in [0.29, 0.717) is 44.5 Å². The summed E-state index contributed by atoms with van der Waals surface area (Å²) in [6.45, 7) is 2.87. The van der Waals surface area contributed by atoms with Crippen LogP contribution in [0.25, 0.3) is 0 Å². The van der Waals surface area contributed by atoms with Crippen LogP contribution in [-0.4, -0.2) is 64.7 Å². The average Bonchev–Trinajstić information content (AvgIpc) is 3.50. The van der Waals surface area contributed by atoms with E-state index < -0.39 is 23.4 Å². The number of aromatic amines is 1. The zero-order valence-electron chi connectivity index (χ0n) is 23.3. The number of rotatable bonds is 12. The van der Waals surface area contributed by atoms with Gasteiger partial charge in [-0.05, 0) is 42.5 Å². The Labute approximate surface area is 235 Å². The van der Waals surface area contributed by atoms with Crippen LogP contribution >= 0.6 is 0 Å². The number of methoxy groups -OCH3 is 1. The first kappa shape index (κ1) is 29.0. The molecule has 3 aromatic rings. The van der Waals surface area contributed by atoms with Gasteiger partial charge in [-0.3, -0.25) is 14.4 Å². The third kappa shape index (κ3) is 6.77. The molecule has 1 aliphatic heterocycles. The summed E-state index contributed by atoms with van der Waals surface area (Å²) in [6.07, 6.45) is 6.12. The summed E-state index contributed by atoms with van der Waals surface area (Å²) < 4.78 is 5.26. The molecule has 2 unspecified atom stereocenters. The standard InChI is InChI=1S/C31H39N5O4/c1-3-7-28(37)31(23-8-5-4-6-9-23)14-16-36(17-15-31)30(39)27(18-22-10-12-25(40-2)13-11-22)35-29(38)26(32)19-24-20-33-21-34-24/h4-6,8-13,20-21,26-27H,3,7,14-19,32H2,1-2H3,(H,33,34)(H,35,38). The molecule has 2 heterocycles. The van der Waals surface area contributed by atoms with Crippen LogP contribution < -0.4 is 15.8 Å². The van der Waals surface area contributed by atoms with Crippen LogP contribution in [0.1, 0.15) is 49.4 Å². The van der Waals surface area contributed by atoms with Gasteiger partial charge in [-0.2, -0.15) is 0 Å². The molecule has 0 bridgehead atoms. The van der Waals surface area contributed by atoms with Gasteiger partial charge >= 0.3 is 0 Å². The molecule has 212 valence electrons. The molecular weight excluding hydrogens is 506 g/mol. The van der Waals surface area contributed by atoms with E-state index in [2.05, 4.69) is 15.3 Å². The Morgan fingerprint density at radius 1 is 1.07 bits per heavy atom. The summed E-state index contributed by atoms with van der Waals surface area (Å²) in [7, 11) is 1.60. The number of hydrogen-bond acceptors (Lipinski definition) is 6. The molecule has 1 fully saturated rings. The first-order chi connectivity index (χ1) is 19.4. The number of carbonyl (C=O) groups excluding carboxylic acids is 3. The van der Waals surface area contributed by atoms with Gasteiger partial charge in [0, 0.05) is 44.2 Å². The molecule has 2 atom stereocenters. The van der Waals surface area contributed by atoms with E-state index in [0.717, 1.165) is 23.2 Å². The number of hydrogen-bond donors (Lipinski definition) is 3. The van der Waals surface area contributed by atoms with Crippen molar-refractivity contribution in [1.29, 1.82) is 0 Å². The number of carbonyl (C=O) groups is 3. The molecule has 0 radical (unpaired) electrons. The lowest BCUT2D eigenvalue weighted by atomic mass is 9.68. The largest absolute Gasteiger partial charge is 0.497 e. The van der Waals surface area contributed by atoms with E-state index in [1.165, 1.54) is 6.33 Å². The van der Waals surface area contributed by atoms with Crippen molar-refractivity contribution in [3.8, 4) is 5.75 Å². The fourth-order valence-electron chi connectivity index (χ4n) is 5.48. The van der Waals surface area contributed by atoms with Crippen molar-refractivity contribution in [1.82, 2.24) is 20.2 Å². The minimum Gasteiger partial charge on any atom is -0.497 e. The van der Waals surface area contributed by atoms with Crippen LogP contribution in [0.3, 0.4) is 0 Å². The summed E-state index contributed by atoms with van der Waals surface area (Å²) in [5.74, 6) is 0.348. The van der Waals surface area contributed by atoms with Gasteiger partial charge in [-0.25, -0.2) is 4.98 Å². The number of amides is 2. The number of Topliss-reactive ketones (excluding diaryl/α,β-unsaturated/α-hetero) is 1. The van der Waals surface area contributed by atoms with Crippen LogP contribution in [-0.2, 0) is 32.6 Å². The lowest BCUT2D eigenvalue weighted by Crippen LogP contribution is -2.57. The van der Waals surface area contributed by atoms with Crippen molar-refractivity contribution < 1.29 is 19.1 Å². The number of nitrogens with one attached hydrogen (secondary N) is 2. The predicted octanol–water partition coefficient (Wildman–Crippen LogP) is 2.95. The Balaban J connectivity index is 1.51. The Morgan fingerprint density at radius 2 is 1.77 bits per heavy atom. The number of nitrogens with zero attached hydrogens (tertiary/aromatic N) is 2. The lowest BCUT2D eigenvalue weighted by molar-refractivity contribution is -0.139. The molecule has 40 heavy (non-hydrogen) atoms. The normalized spacial score (nSPS) is 16.1. The van der Waals surface area contributed by atoms with E-state index in [9.17, 15) is 14.4 Å². The van der Waals surface area contributed by atoms with Crippen molar-refractivity contribution in [2.75, 3.05) is 20.2 Å². The van der Waals surface area contributed by atoms with Crippen molar-refractivity contribution in [3.63, 3.8) is 0 Å².